The number of carboxylic acids is 1. The summed E-state index contributed by atoms with van der Waals surface area (Å²) in [5.41, 5.74) is 2.97. The van der Waals surface area contributed by atoms with Gasteiger partial charge in [0.25, 0.3) is 0 Å². The minimum absolute atomic E-state index is 0.209. The highest BCUT2D eigenvalue weighted by Crippen LogP contribution is 2.20. The van der Waals surface area contributed by atoms with Crippen molar-refractivity contribution >= 4 is 17.0 Å². The first kappa shape index (κ1) is 13.2. The number of hydrogen-bond donors (Lipinski definition) is 2. The summed E-state index contributed by atoms with van der Waals surface area (Å²) in [7, 11) is 0. The van der Waals surface area contributed by atoms with Crippen LogP contribution in [-0.2, 0) is 0 Å². The molecule has 2 aromatic heterocycles. The first-order valence-electron chi connectivity index (χ1n) is 6.92. The zero-order valence-corrected chi connectivity index (χ0v) is 11.8. The molecule has 7 nitrogen and oxygen atoms in total. The van der Waals surface area contributed by atoms with E-state index in [-0.39, 0.29) is 5.56 Å². The third-order valence-electron chi connectivity index (χ3n) is 3.45. The normalized spacial score (nSPS) is 11.0. The first-order valence-corrected chi connectivity index (χ1v) is 6.92. The fourth-order valence-corrected chi connectivity index (χ4v) is 2.32. The molecular formula is C16H11N5O2. The van der Waals surface area contributed by atoms with Crippen LogP contribution in [0.5, 0.6) is 0 Å². The van der Waals surface area contributed by atoms with Crippen molar-refractivity contribution < 1.29 is 9.90 Å². The second-order valence-electron chi connectivity index (χ2n) is 4.98. The molecule has 0 fully saturated rings. The average Bonchev–Trinajstić information content (AvgIpc) is 3.21. The van der Waals surface area contributed by atoms with Crippen LogP contribution in [0.2, 0.25) is 0 Å². The van der Waals surface area contributed by atoms with Gasteiger partial charge >= 0.3 is 5.97 Å². The van der Waals surface area contributed by atoms with Gasteiger partial charge in [-0.25, -0.2) is 9.78 Å². The zero-order valence-electron chi connectivity index (χ0n) is 11.8. The van der Waals surface area contributed by atoms with Crippen LogP contribution < -0.4 is 0 Å². The molecule has 0 aliphatic carbocycles. The number of aromatic nitrogens is 5. The number of nitrogens with zero attached hydrogens (tertiary/aromatic N) is 4. The van der Waals surface area contributed by atoms with Crippen LogP contribution in [0.25, 0.3) is 28.2 Å². The monoisotopic (exact) mass is 305 g/mol. The summed E-state index contributed by atoms with van der Waals surface area (Å²) < 4.78 is 0. The lowest BCUT2D eigenvalue weighted by molar-refractivity contribution is 0.0697. The summed E-state index contributed by atoms with van der Waals surface area (Å²) in [4.78, 5) is 20.0. The van der Waals surface area contributed by atoms with Gasteiger partial charge in [-0.05, 0) is 30.3 Å². The van der Waals surface area contributed by atoms with Crippen molar-refractivity contribution in [3.8, 4) is 17.2 Å². The lowest BCUT2D eigenvalue weighted by Gasteiger charge is -1.96. The summed E-state index contributed by atoms with van der Waals surface area (Å²) in [5, 5.41) is 17.7. The Morgan fingerprint density at radius 1 is 1.13 bits per heavy atom. The van der Waals surface area contributed by atoms with Gasteiger partial charge in [0.1, 0.15) is 5.69 Å². The van der Waals surface area contributed by atoms with Crippen LogP contribution in [0.3, 0.4) is 0 Å². The van der Waals surface area contributed by atoms with Crippen molar-refractivity contribution in [2.24, 2.45) is 0 Å². The Morgan fingerprint density at radius 3 is 2.74 bits per heavy atom. The van der Waals surface area contributed by atoms with E-state index in [9.17, 15) is 4.79 Å². The Bertz CT molecular complexity index is 1000. The maximum atomic E-state index is 11.0. The molecule has 0 radical (unpaired) electrons. The molecule has 0 atom stereocenters. The third-order valence-corrected chi connectivity index (χ3v) is 3.45. The van der Waals surface area contributed by atoms with Gasteiger partial charge < -0.3 is 10.1 Å². The smallest absolute Gasteiger partial charge is 0.335 e. The molecule has 0 aliphatic rings. The van der Waals surface area contributed by atoms with Crippen LogP contribution in [0.1, 0.15) is 10.4 Å². The molecule has 0 aliphatic heterocycles. The number of carbonyl (C=O) groups is 1. The molecule has 4 aromatic rings. The SMILES string of the molecule is O=C(O)c1ccc2nc(-c3cnn(-c4ccccc4)n3)[nH]c2c1. The molecule has 0 unspecified atom stereocenters. The molecule has 2 aromatic carbocycles. The molecule has 112 valence electrons. The Kier molecular flexibility index (Phi) is 2.90. The Balaban J connectivity index is 1.75. The quantitative estimate of drug-likeness (QED) is 0.606. The van der Waals surface area contributed by atoms with Gasteiger partial charge in [0.15, 0.2) is 5.82 Å². The number of para-hydroxylation sites is 1. The second-order valence-corrected chi connectivity index (χ2v) is 4.98. The third kappa shape index (κ3) is 2.34. The van der Waals surface area contributed by atoms with Crippen molar-refractivity contribution in [3.05, 3.63) is 60.3 Å². The Morgan fingerprint density at radius 2 is 1.96 bits per heavy atom. The molecule has 4 rings (SSSR count). The first-order chi connectivity index (χ1) is 11.2. The van der Waals surface area contributed by atoms with Gasteiger partial charge in [-0.2, -0.15) is 9.90 Å². The van der Waals surface area contributed by atoms with E-state index >= 15 is 0 Å². The number of fused-ring (bicyclic) bond motifs is 1. The van der Waals surface area contributed by atoms with Crippen molar-refractivity contribution in [1.82, 2.24) is 25.0 Å². The highest BCUT2D eigenvalue weighted by Gasteiger charge is 2.12. The van der Waals surface area contributed by atoms with E-state index in [4.69, 9.17) is 5.11 Å². The van der Waals surface area contributed by atoms with E-state index < -0.39 is 5.97 Å². The standard InChI is InChI=1S/C16H11N5O2/c22-16(23)10-6-7-12-13(8-10)19-15(18-12)14-9-17-21(20-14)11-4-2-1-3-5-11/h1-9H,(H,18,19)(H,22,23). The maximum Gasteiger partial charge on any atom is 0.335 e. The lowest BCUT2D eigenvalue weighted by Crippen LogP contribution is -1.98. The molecule has 2 N–H and O–H groups in total. The van der Waals surface area contributed by atoms with Gasteiger partial charge in [0, 0.05) is 0 Å². The number of imidazole rings is 1. The van der Waals surface area contributed by atoms with E-state index in [0.717, 1.165) is 5.69 Å². The second kappa shape index (κ2) is 5.06. The molecule has 0 saturated heterocycles. The van der Waals surface area contributed by atoms with Crippen LogP contribution in [0.4, 0.5) is 0 Å². The molecule has 0 amide bonds. The van der Waals surface area contributed by atoms with Gasteiger partial charge in [-0.3, -0.25) is 0 Å². The summed E-state index contributed by atoms with van der Waals surface area (Å²) in [5.74, 6) is -0.428. The summed E-state index contributed by atoms with van der Waals surface area (Å²) >= 11 is 0. The number of aromatic carboxylic acids is 1. The number of benzene rings is 2. The summed E-state index contributed by atoms with van der Waals surface area (Å²) in [6.07, 6.45) is 1.61. The number of hydrogen-bond acceptors (Lipinski definition) is 4. The van der Waals surface area contributed by atoms with Crippen molar-refractivity contribution in [3.63, 3.8) is 0 Å². The van der Waals surface area contributed by atoms with Crippen LogP contribution in [-0.4, -0.2) is 36.0 Å². The molecule has 23 heavy (non-hydrogen) atoms. The fraction of sp³-hybridized carbons (Fsp3) is 0. The minimum atomic E-state index is -0.974. The number of rotatable bonds is 3. The highest BCUT2D eigenvalue weighted by molar-refractivity contribution is 5.92. The van der Waals surface area contributed by atoms with Crippen LogP contribution >= 0.6 is 0 Å². The predicted octanol–water partition coefficient (Wildman–Crippen LogP) is 2.51. The Labute approximate surface area is 130 Å². The highest BCUT2D eigenvalue weighted by atomic mass is 16.4. The number of carboxylic acid groups (broad SMARTS) is 1. The molecule has 7 heteroatoms. The number of aromatic amines is 1. The van der Waals surface area contributed by atoms with E-state index in [1.165, 1.54) is 10.9 Å². The largest absolute Gasteiger partial charge is 0.478 e. The summed E-state index contributed by atoms with van der Waals surface area (Å²) in [6, 6.07) is 14.3. The zero-order chi connectivity index (χ0) is 15.8. The lowest BCUT2D eigenvalue weighted by atomic mass is 10.2. The number of H-pyrrole nitrogens is 1. The Hall–Kier alpha value is -3.48. The van der Waals surface area contributed by atoms with Gasteiger partial charge in [0.05, 0.1) is 28.5 Å². The van der Waals surface area contributed by atoms with E-state index in [1.807, 2.05) is 30.3 Å². The molecule has 2 heterocycles. The molecule has 0 bridgehead atoms. The number of nitrogens with one attached hydrogen (secondary N) is 1. The molecule has 0 saturated carbocycles. The minimum Gasteiger partial charge on any atom is -0.478 e. The molecular weight excluding hydrogens is 294 g/mol. The van der Waals surface area contributed by atoms with E-state index in [1.54, 1.807) is 18.3 Å². The van der Waals surface area contributed by atoms with Crippen molar-refractivity contribution in [1.29, 1.82) is 0 Å². The van der Waals surface area contributed by atoms with Gasteiger partial charge in [-0.1, -0.05) is 18.2 Å². The topological polar surface area (TPSA) is 96.7 Å². The van der Waals surface area contributed by atoms with E-state index in [0.29, 0.717) is 22.6 Å². The van der Waals surface area contributed by atoms with Gasteiger partial charge in [-0.15, -0.1) is 5.10 Å². The average molecular weight is 305 g/mol. The van der Waals surface area contributed by atoms with Crippen LogP contribution in [0, 0.1) is 0 Å². The molecule has 0 spiro atoms. The van der Waals surface area contributed by atoms with E-state index in [2.05, 4.69) is 20.2 Å². The maximum absolute atomic E-state index is 11.0. The van der Waals surface area contributed by atoms with Crippen LogP contribution in [0.15, 0.2) is 54.7 Å². The fourth-order valence-electron chi connectivity index (χ4n) is 2.32. The van der Waals surface area contributed by atoms with Crippen molar-refractivity contribution in [2.45, 2.75) is 0 Å². The van der Waals surface area contributed by atoms with Gasteiger partial charge in [0.2, 0.25) is 0 Å². The van der Waals surface area contributed by atoms with Crippen molar-refractivity contribution in [2.75, 3.05) is 0 Å². The predicted molar refractivity (Wildman–Crippen MR) is 83.4 cm³/mol. The summed E-state index contributed by atoms with van der Waals surface area (Å²) in [6.45, 7) is 0.